The first-order valence-corrected chi connectivity index (χ1v) is 10.4. The number of amides is 2. The largest absolute Gasteiger partial charge is 0.454 e. The second kappa shape index (κ2) is 8.75. The fourth-order valence-electron chi connectivity index (χ4n) is 3.53. The number of halogens is 3. The third-order valence-corrected chi connectivity index (χ3v) is 5.78. The van der Waals surface area contributed by atoms with E-state index in [1.165, 1.54) is 12.4 Å². The van der Waals surface area contributed by atoms with Crippen molar-refractivity contribution in [1.82, 2.24) is 4.98 Å². The topological polar surface area (TPSA) is 85.5 Å². The SMILES string of the molecule is NC(=O)c1cccc(N2C[C@@H](c3ccc(Cl)cc3Oc3c(Cl)cncc3Cl)CC2=O)c1. The van der Waals surface area contributed by atoms with E-state index in [2.05, 4.69) is 4.98 Å². The number of ether oxygens (including phenoxy) is 1. The first-order valence-electron chi connectivity index (χ1n) is 9.30. The maximum absolute atomic E-state index is 12.8. The van der Waals surface area contributed by atoms with Gasteiger partial charge in [0, 0.05) is 53.1 Å². The molecule has 0 radical (unpaired) electrons. The van der Waals surface area contributed by atoms with Crippen molar-refractivity contribution in [2.45, 2.75) is 12.3 Å². The molecule has 4 rings (SSSR count). The smallest absolute Gasteiger partial charge is 0.248 e. The summed E-state index contributed by atoms with van der Waals surface area (Å²) in [6.45, 7) is 0.400. The van der Waals surface area contributed by atoms with Crippen LogP contribution in [0, 0.1) is 0 Å². The van der Waals surface area contributed by atoms with Gasteiger partial charge in [0.1, 0.15) is 15.8 Å². The lowest BCUT2D eigenvalue weighted by molar-refractivity contribution is -0.117. The number of carbonyl (C=O) groups excluding carboxylic acids is 2. The van der Waals surface area contributed by atoms with Crippen molar-refractivity contribution in [2.75, 3.05) is 11.4 Å². The normalized spacial score (nSPS) is 15.9. The second-order valence-corrected chi connectivity index (χ2v) is 8.29. The predicted octanol–water partition coefficient (Wildman–Crippen LogP) is 5.45. The monoisotopic (exact) mass is 475 g/mol. The van der Waals surface area contributed by atoms with Gasteiger partial charge in [0.05, 0.1) is 0 Å². The van der Waals surface area contributed by atoms with Gasteiger partial charge in [-0.3, -0.25) is 14.6 Å². The van der Waals surface area contributed by atoms with Gasteiger partial charge in [-0.25, -0.2) is 0 Å². The highest BCUT2D eigenvalue weighted by molar-refractivity contribution is 6.37. The Labute approximate surface area is 193 Å². The van der Waals surface area contributed by atoms with Crippen LogP contribution in [-0.4, -0.2) is 23.3 Å². The Morgan fingerprint density at radius 2 is 1.84 bits per heavy atom. The maximum Gasteiger partial charge on any atom is 0.248 e. The van der Waals surface area contributed by atoms with Crippen molar-refractivity contribution >= 4 is 52.3 Å². The number of rotatable bonds is 5. The molecule has 1 atom stereocenters. The molecule has 1 aromatic heterocycles. The second-order valence-electron chi connectivity index (χ2n) is 7.04. The third-order valence-electron chi connectivity index (χ3n) is 5.00. The molecule has 6 nitrogen and oxygen atoms in total. The highest BCUT2D eigenvalue weighted by atomic mass is 35.5. The van der Waals surface area contributed by atoms with Crippen LogP contribution in [0.5, 0.6) is 11.5 Å². The van der Waals surface area contributed by atoms with Crippen LogP contribution in [0.25, 0.3) is 0 Å². The molecule has 2 amide bonds. The molecule has 1 fully saturated rings. The minimum Gasteiger partial charge on any atom is -0.454 e. The molecule has 3 aromatic rings. The molecule has 0 spiro atoms. The van der Waals surface area contributed by atoms with Crippen LogP contribution >= 0.6 is 34.8 Å². The standard InChI is InChI=1S/C22H16Cl3N3O3/c23-14-4-5-16(19(8-14)31-21-17(24)9-27-10-18(21)25)13-7-20(29)28(11-13)15-3-1-2-12(6-15)22(26)30/h1-6,8-10,13H,7,11H2,(H2,26,30)/t13-/m0/s1. The number of hydrogen-bond donors (Lipinski definition) is 1. The van der Waals surface area contributed by atoms with Crippen LogP contribution in [0.3, 0.4) is 0 Å². The van der Waals surface area contributed by atoms with Crippen LogP contribution in [0.2, 0.25) is 15.1 Å². The number of anilines is 1. The number of benzene rings is 2. The first-order chi connectivity index (χ1) is 14.8. The number of primary amides is 1. The molecule has 0 bridgehead atoms. The average molecular weight is 477 g/mol. The molecule has 1 saturated heterocycles. The van der Waals surface area contributed by atoms with Gasteiger partial charge in [0.25, 0.3) is 0 Å². The molecule has 9 heteroatoms. The van der Waals surface area contributed by atoms with Crippen molar-refractivity contribution in [3.63, 3.8) is 0 Å². The van der Waals surface area contributed by atoms with Gasteiger partial charge in [-0.2, -0.15) is 0 Å². The third kappa shape index (κ3) is 4.46. The summed E-state index contributed by atoms with van der Waals surface area (Å²) in [7, 11) is 0. The summed E-state index contributed by atoms with van der Waals surface area (Å²) in [4.78, 5) is 29.8. The lowest BCUT2D eigenvalue weighted by Gasteiger charge is -2.19. The Kier molecular flexibility index (Phi) is 6.05. The fourth-order valence-corrected chi connectivity index (χ4v) is 4.14. The van der Waals surface area contributed by atoms with E-state index >= 15 is 0 Å². The van der Waals surface area contributed by atoms with E-state index in [1.54, 1.807) is 41.3 Å². The summed E-state index contributed by atoms with van der Waals surface area (Å²) in [5.74, 6) is -0.0846. The van der Waals surface area contributed by atoms with Crippen LogP contribution in [0.1, 0.15) is 28.3 Å². The zero-order chi connectivity index (χ0) is 22.1. The van der Waals surface area contributed by atoms with E-state index < -0.39 is 5.91 Å². The Hall–Kier alpha value is -2.80. The van der Waals surface area contributed by atoms with E-state index in [4.69, 9.17) is 45.3 Å². The van der Waals surface area contributed by atoms with Gasteiger partial charge in [0.15, 0.2) is 5.75 Å². The van der Waals surface area contributed by atoms with Crippen molar-refractivity contribution in [3.8, 4) is 11.5 Å². The van der Waals surface area contributed by atoms with Crippen molar-refractivity contribution in [1.29, 1.82) is 0 Å². The molecule has 1 aliphatic rings. The number of nitrogens with two attached hydrogens (primary N) is 1. The Morgan fingerprint density at radius 3 is 2.55 bits per heavy atom. The number of aromatic nitrogens is 1. The van der Waals surface area contributed by atoms with Crippen molar-refractivity contribution in [3.05, 3.63) is 81.1 Å². The summed E-state index contributed by atoms with van der Waals surface area (Å²) in [5, 5.41) is 0.979. The molecule has 0 unspecified atom stereocenters. The summed E-state index contributed by atoms with van der Waals surface area (Å²) >= 11 is 18.6. The molecule has 0 aliphatic carbocycles. The number of hydrogen-bond acceptors (Lipinski definition) is 4. The molecule has 31 heavy (non-hydrogen) atoms. The highest BCUT2D eigenvalue weighted by Crippen LogP contribution is 2.42. The van der Waals surface area contributed by atoms with E-state index in [1.807, 2.05) is 6.07 Å². The molecule has 2 heterocycles. The van der Waals surface area contributed by atoms with Crippen molar-refractivity contribution < 1.29 is 14.3 Å². The quantitative estimate of drug-likeness (QED) is 0.530. The molecule has 1 aliphatic heterocycles. The van der Waals surface area contributed by atoms with Gasteiger partial charge in [0.2, 0.25) is 11.8 Å². The Bertz CT molecular complexity index is 1170. The minimum absolute atomic E-state index is 0.0764. The lowest BCUT2D eigenvalue weighted by Crippen LogP contribution is -2.24. The van der Waals surface area contributed by atoms with Crippen LogP contribution in [-0.2, 0) is 4.79 Å². The van der Waals surface area contributed by atoms with Crippen molar-refractivity contribution in [2.24, 2.45) is 5.73 Å². The van der Waals surface area contributed by atoms with E-state index in [0.29, 0.717) is 28.6 Å². The molecule has 2 N–H and O–H groups in total. The van der Waals surface area contributed by atoms with Crippen LogP contribution < -0.4 is 15.4 Å². The fraction of sp³-hybridized carbons (Fsp3) is 0.136. The average Bonchev–Trinajstić information content (AvgIpc) is 3.12. The summed E-state index contributed by atoms with van der Waals surface area (Å²) in [5.41, 5.74) is 7.11. The van der Waals surface area contributed by atoms with E-state index in [-0.39, 0.29) is 34.0 Å². The molecule has 2 aromatic carbocycles. The van der Waals surface area contributed by atoms with E-state index in [9.17, 15) is 9.59 Å². The number of carbonyl (C=O) groups is 2. The van der Waals surface area contributed by atoms with Crippen LogP contribution in [0.4, 0.5) is 5.69 Å². The zero-order valence-corrected chi connectivity index (χ0v) is 18.3. The molecular weight excluding hydrogens is 461 g/mol. The van der Waals surface area contributed by atoms with Gasteiger partial charge < -0.3 is 15.4 Å². The van der Waals surface area contributed by atoms with E-state index in [0.717, 1.165) is 5.56 Å². The molecule has 0 saturated carbocycles. The zero-order valence-electron chi connectivity index (χ0n) is 16.0. The molecule has 158 valence electrons. The molecular formula is C22H16Cl3N3O3. The number of pyridine rings is 1. The van der Waals surface area contributed by atoms with Gasteiger partial charge in [-0.15, -0.1) is 0 Å². The van der Waals surface area contributed by atoms with Gasteiger partial charge in [-0.1, -0.05) is 46.9 Å². The first kappa shape index (κ1) is 21.4. The highest BCUT2D eigenvalue weighted by Gasteiger charge is 2.33. The van der Waals surface area contributed by atoms with Crippen LogP contribution in [0.15, 0.2) is 54.9 Å². The van der Waals surface area contributed by atoms with Gasteiger partial charge in [-0.05, 0) is 30.3 Å². The Balaban J connectivity index is 1.66. The Morgan fingerprint density at radius 1 is 1.10 bits per heavy atom. The summed E-state index contributed by atoms with van der Waals surface area (Å²) in [6, 6.07) is 11.9. The number of nitrogens with zero attached hydrogens (tertiary/aromatic N) is 2. The minimum atomic E-state index is -0.551. The van der Waals surface area contributed by atoms with Gasteiger partial charge >= 0.3 is 0 Å². The summed E-state index contributed by atoms with van der Waals surface area (Å²) < 4.78 is 6.01. The summed E-state index contributed by atoms with van der Waals surface area (Å²) in [6.07, 6.45) is 3.12. The maximum atomic E-state index is 12.8. The lowest BCUT2D eigenvalue weighted by atomic mass is 9.97. The predicted molar refractivity (Wildman–Crippen MR) is 120 cm³/mol.